The average Bonchev–Trinajstić information content (AvgIpc) is 2.65. The quantitative estimate of drug-likeness (QED) is 0.808. The first-order valence-corrected chi connectivity index (χ1v) is 10.5. The molecule has 7 heteroatoms. The fourth-order valence-corrected chi connectivity index (χ4v) is 4.13. The van der Waals surface area contributed by atoms with Crippen LogP contribution in [0.5, 0.6) is 5.75 Å². The van der Waals surface area contributed by atoms with E-state index in [4.69, 9.17) is 9.47 Å². The van der Waals surface area contributed by atoms with E-state index in [0.717, 1.165) is 45.1 Å². The summed E-state index contributed by atoms with van der Waals surface area (Å²) in [6.07, 6.45) is 6.12. The van der Waals surface area contributed by atoms with Gasteiger partial charge in [-0.3, -0.25) is 9.69 Å². The predicted octanol–water partition coefficient (Wildman–Crippen LogP) is 2.49. The molecule has 3 aliphatic rings. The normalized spacial score (nSPS) is 22.6. The summed E-state index contributed by atoms with van der Waals surface area (Å²) in [6, 6.07) is 5.48. The van der Waals surface area contributed by atoms with Crippen LogP contribution < -0.4 is 10.1 Å². The zero-order chi connectivity index (χ0) is 19.3. The second kappa shape index (κ2) is 9.20. The molecule has 1 N–H and O–H groups in total. The van der Waals surface area contributed by atoms with Crippen molar-refractivity contribution in [3.8, 4) is 5.75 Å². The Morgan fingerprint density at radius 3 is 2.54 bits per heavy atom. The van der Waals surface area contributed by atoms with E-state index in [1.54, 1.807) is 12.1 Å². The van der Waals surface area contributed by atoms with E-state index in [9.17, 15) is 9.18 Å². The number of morpholine rings is 1. The van der Waals surface area contributed by atoms with Crippen LogP contribution in [0.1, 0.15) is 32.1 Å². The summed E-state index contributed by atoms with van der Waals surface area (Å²) < 4.78 is 25.7. The van der Waals surface area contributed by atoms with E-state index in [0.29, 0.717) is 19.0 Å². The highest BCUT2D eigenvalue weighted by atomic mass is 19.1. The Bertz CT molecular complexity index is 669. The van der Waals surface area contributed by atoms with Gasteiger partial charge in [0.15, 0.2) is 0 Å². The molecule has 0 spiro atoms. The number of amides is 1. The highest BCUT2D eigenvalue weighted by Crippen LogP contribution is 2.29. The molecule has 3 fully saturated rings. The standard InChI is InChI=1S/C21H30FN3O3/c22-19-14-18(28-17-6-8-25(9-7-17)16-2-1-3-16)4-5-20(19)23-21(26)15-24-10-12-27-13-11-24/h4-5,14,16-17H,1-3,6-13,15H2,(H,23,26). The van der Waals surface area contributed by atoms with Gasteiger partial charge in [-0.05, 0) is 37.8 Å². The Labute approximate surface area is 166 Å². The van der Waals surface area contributed by atoms with Crippen molar-refractivity contribution in [1.29, 1.82) is 0 Å². The lowest BCUT2D eigenvalue weighted by molar-refractivity contribution is -0.118. The van der Waals surface area contributed by atoms with Crippen molar-refractivity contribution in [3.63, 3.8) is 0 Å². The molecule has 154 valence electrons. The molecule has 1 aromatic carbocycles. The summed E-state index contributed by atoms with van der Waals surface area (Å²) in [6.45, 7) is 5.09. The fourth-order valence-electron chi connectivity index (χ4n) is 4.13. The van der Waals surface area contributed by atoms with Crippen LogP contribution in [-0.2, 0) is 9.53 Å². The number of carbonyl (C=O) groups is 1. The third kappa shape index (κ3) is 5.01. The number of benzene rings is 1. The summed E-state index contributed by atoms with van der Waals surface area (Å²) in [5, 5.41) is 2.66. The van der Waals surface area contributed by atoms with E-state index in [-0.39, 0.29) is 24.2 Å². The van der Waals surface area contributed by atoms with Crippen LogP contribution in [0.3, 0.4) is 0 Å². The maximum atomic E-state index is 14.4. The van der Waals surface area contributed by atoms with Crippen LogP contribution in [0.15, 0.2) is 18.2 Å². The lowest BCUT2D eigenvalue weighted by Gasteiger charge is -2.41. The molecule has 0 radical (unpaired) electrons. The van der Waals surface area contributed by atoms with Gasteiger partial charge in [-0.1, -0.05) is 6.42 Å². The maximum Gasteiger partial charge on any atom is 0.238 e. The predicted molar refractivity (Wildman–Crippen MR) is 105 cm³/mol. The second-order valence-electron chi connectivity index (χ2n) is 8.02. The molecule has 2 aliphatic heterocycles. The third-order valence-corrected chi connectivity index (χ3v) is 6.06. The minimum absolute atomic E-state index is 0.137. The van der Waals surface area contributed by atoms with Crippen molar-refractivity contribution >= 4 is 11.6 Å². The van der Waals surface area contributed by atoms with Gasteiger partial charge < -0.3 is 19.7 Å². The van der Waals surface area contributed by atoms with Crippen LogP contribution in [-0.4, -0.2) is 73.8 Å². The maximum absolute atomic E-state index is 14.4. The average molecular weight is 391 g/mol. The van der Waals surface area contributed by atoms with Crippen molar-refractivity contribution in [2.75, 3.05) is 51.3 Å². The van der Waals surface area contributed by atoms with Crippen molar-refractivity contribution in [1.82, 2.24) is 9.80 Å². The van der Waals surface area contributed by atoms with Gasteiger partial charge in [0.2, 0.25) is 5.91 Å². The highest BCUT2D eigenvalue weighted by Gasteiger charge is 2.29. The minimum Gasteiger partial charge on any atom is -0.490 e. The first kappa shape index (κ1) is 19.6. The molecule has 1 aromatic rings. The number of nitrogens with one attached hydrogen (secondary N) is 1. The number of halogens is 1. The molecule has 1 saturated carbocycles. The molecule has 0 unspecified atom stereocenters. The third-order valence-electron chi connectivity index (χ3n) is 6.06. The molecular formula is C21H30FN3O3. The van der Waals surface area contributed by atoms with Crippen LogP contribution in [0.4, 0.5) is 10.1 Å². The molecule has 28 heavy (non-hydrogen) atoms. The summed E-state index contributed by atoms with van der Waals surface area (Å²) in [5.41, 5.74) is 0.199. The van der Waals surface area contributed by atoms with Crippen molar-refractivity contribution in [2.24, 2.45) is 0 Å². The molecule has 4 rings (SSSR count). The number of ether oxygens (including phenoxy) is 2. The summed E-state index contributed by atoms with van der Waals surface area (Å²) in [5.74, 6) is -0.136. The summed E-state index contributed by atoms with van der Waals surface area (Å²) >= 11 is 0. The monoisotopic (exact) mass is 391 g/mol. The molecule has 2 saturated heterocycles. The van der Waals surface area contributed by atoms with Crippen molar-refractivity contribution in [2.45, 2.75) is 44.2 Å². The van der Waals surface area contributed by atoms with Gasteiger partial charge in [0, 0.05) is 38.3 Å². The molecule has 0 bridgehead atoms. The van der Waals surface area contributed by atoms with E-state index < -0.39 is 5.82 Å². The molecule has 0 atom stereocenters. The van der Waals surface area contributed by atoms with E-state index in [2.05, 4.69) is 10.2 Å². The largest absolute Gasteiger partial charge is 0.490 e. The lowest BCUT2D eigenvalue weighted by Crippen LogP contribution is -2.46. The van der Waals surface area contributed by atoms with Crippen LogP contribution in [0, 0.1) is 5.82 Å². The van der Waals surface area contributed by atoms with Gasteiger partial charge >= 0.3 is 0 Å². The lowest BCUT2D eigenvalue weighted by atomic mass is 9.90. The Kier molecular flexibility index (Phi) is 6.44. The SMILES string of the molecule is O=C(CN1CCOCC1)Nc1ccc(OC2CCN(C3CCC3)CC2)cc1F. The molecule has 2 heterocycles. The number of rotatable bonds is 6. The second-order valence-corrected chi connectivity index (χ2v) is 8.02. The zero-order valence-electron chi connectivity index (χ0n) is 16.4. The number of nitrogens with zero attached hydrogens (tertiary/aromatic N) is 2. The van der Waals surface area contributed by atoms with E-state index in [1.165, 1.54) is 25.3 Å². The Hall–Kier alpha value is -1.70. The summed E-state index contributed by atoms with van der Waals surface area (Å²) in [4.78, 5) is 16.7. The number of piperidine rings is 1. The first-order chi connectivity index (χ1) is 13.7. The van der Waals surface area contributed by atoms with Gasteiger partial charge in [-0.25, -0.2) is 4.39 Å². The minimum atomic E-state index is -0.459. The number of carbonyl (C=O) groups excluding carboxylic acids is 1. The topological polar surface area (TPSA) is 54.0 Å². The highest BCUT2D eigenvalue weighted by molar-refractivity contribution is 5.92. The fraction of sp³-hybridized carbons (Fsp3) is 0.667. The number of hydrogen-bond donors (Lipinski definition) is 1. The van der Waals surface area contributed by atoms with Crippen molar-refractivity contribution < 1.29 is 18.7 Å². The number of anilines is 1. The van der Waals surface area contributed by atoms with E-state index >= 15 is 0 Å². The van der Waals surface area contributed by atoms with Crippen molar-refractivity contribution in [3.05, 3.63) is 24.0 Å². The van der Waals surface area contributed by atoms with Gasteiger partial charge in [-0.15, -0.1) is 0 Å². The molecule has 1 aliphatic carbocycles. The molecule has 1 amide bonds. The van der Waals surface area contributed by atoms with Crippen LogP contribution >= 0.6 is 0 Å². The molecular weight excluding hydrogens is 361 g/mol. The first-order valence-electron chi connectivity index (χ1n) is 10.5. The smallest absolute Gasteiger partial charge is 0.238 e. The number of hydrogen-bond acceptors (Lipinski definition) is 5. The van der Waals surface area contributed by atoms with Crippen LogP contribution in [0.2, 0.25) is 0 Å². The Balaban J connectivity index is 1.25. The molecule has 6 nitrogen and oxygen atoms in total. The van der Waals surface area contributed by atoms with Gasteiger partial charge in [0.1, 0.15) is 17.7 Å². The van der Waals surface area contributed by atoms with Gasteiger partial charge in [-0.2, -0.15) is 0 Å². The van der Waals surface area contributed by atoms with E-state index in [1.807, 2.05) is 4.90 Å². The molecule has 0 aromatic heterocycles. The summed E-state index contributed by atoms with van der Waals surface area (Å²) in [7, 11) is 0. The van der Waals surface area contributed by atoms with Gasteiger partial charge in [0.05, 0.1) is 25.4 Å². The van der Waals surface area contributed by atoms with Crippen LogP contribution in [0.25, 0.3) is 0 Å². The zero-order valence-corrected chi connectivity index (χ0v) is 16.4. The Morgan fingerprint density at radius 1 is 1.14 bits per heavy atom. The van der Waals surface area contributed by atoms with Gasteiger partial charge in [0.25, 0.3) is 0 Å². The number of likely N-dealkylation sites (tertiary alicyclic amines) is 1. The Morgan fingerprint density at radius 2 is 1.89 bits per heavy atom.